The summed E-state index contributed by atoms with van der Waals surface area (Å²) in [6, 6.07) is 0. The second kappa shape index (κ2) is 4.11. The van der Waals surface area contributed by atoms with Crippen LogP contribution in [0.5, 0.6) is 0 Å². The summed E-state index contributed by atoms with van der Waals surface area (Å²) < 4.78 is 60.8. The molecule has 4 rings (SSSR count). The molecular weight excluding hydrogens is 334 g/mol. The fourth-order valence-electron chi connectivity index (χ4n) is 5.87. The van der Waals surface area contributed by atoms with E-state index in [-0.39, 0.29) is 29.6 Å². The van der Waals surface area contributed by atoms with Gasteiger partial charge in [-0.1, -0.05) is 0 Å². The molecule has 9 heteroatoms. The van der Waals surface area contributed by atoms with Crippen molar-refractivity contribution in [1.29, 1.82) is 0 Å². The number of rotatable bonds is 4. The van der Waals surface area contributed by atoms with Gasteiger partial charge in [0.15, 0.2) is 0 Å². The van der Waals surface area contributed by atoms with Gasteiger partial charge in [-0.05, 0) is 43.4 Å². The number of fused-ring (bicyclic) bond motifs is 2. The Labute approximate surface area is 131 Å². The van der Waals surface area contributed by atoms with Crippen LogP contribution in [0.3, 0.4) is 0 Å². The monoisotopic (exact) mass is 350 g/mol. The van der Waals surface area contributed by atoms with Gasteiger partial charge in [-0.25, -0.2) is 4.79 Å². The SMILES string of the molecule is O=C1C2CC3CC4(COC(=O)C(F)(F)S(=O)(=O)O)CC1CC34C2. The van der Waals surface area contributed by atoms with E-state index in [2.05, 4.69) is 4.74 Å². The number of halogens is 2. The van der Waals surface area contributed by atoms with Crippen LogP contribution in [0, 0.1) is 28.6 Å². The van der Waals surface area contributed by atoms with Crippen molar-refractivity contribution < 1.29 is 36.1 Å². The predicted molar refractivity (Wildman–Crippen MR) is 70.9 cm³/mol. The summed E-state index contributed by atoms with van der Waals surface area (Å²) in [5.74, 6) is -1.71. The highest BCUT2D eigenvalue weighted by Crippen LogP contribution is 2.80. The molecular formula is C14H16F2O6S. The number of alkyl halides is 2. The first-order valence-corrected chi connectivity index (χ1v) is 9.02. The van der Waals surface area contributed by atoms with Crippen LogP contribution in [0.1, 0.15) is 32.1 Å². The van der Waals surface area contributed by atoms with Crippen LogP contribution in [-0.4, -0.2) is 36.6 Å². The highest BCUT2D eigenvalue weighted by molar-refractivity contribution is 7.87. The van der Waals surface area contributed by atoms with Gasteiger partial charge in [0, 0.05) is 17.3 Å². The van der Waals surface area contributed by atoms with Crippen molar-refractivity contribution in [1.82, 2.24) is 0 Å². The van der Waals surface area contributed by atoms with Crippen molar-refractivity contribution in [3.05, 3.63) is 0 Å². The van der Waals surface area contributed by atoms with Gasteiger partial charge in [0.1, 0.15) is 5.78 Å². The highest BCUT2D eigenvalue weighted by atomic mass is 32.2. The molecule has 1 N–H and O–H groups in total. The zero-order valence-corrected chi connectivity index (χ0v) is 12.9. The number of carbonyl (C=O) groups excluding carboxylic acids is 2. The van der Waals surface area contributed by atoms with Crippen molar-refractivity contribution in [3.63, 3.8) is 0 Å². The second-order valence-electron chi connectivity index (χ2n) is 7.55. The molecule has 0 amide bonds. The number of hydrogen-bond donors (Lipinski definition) is 1. The largest absolute Gasteiger partial charge is 0.465 e. The maximum Gasteiger partial charge on any atom is 0.465 e. The molecule has 0 aromatic rings. The molecule has 4 saturated carbocycles. The summed E-state index contributed by atoms with van der Waals surface area (Å²) in [6.07, 6.45) is 3.51. The molecule has 6 nitrogen and oxygen atoms in total. The Balaban J connectivity index is 1.53. The number of carbonyl (C=O) groups is 2. The third-order valence-corrected chi connectivity index (χ3v) is 7.56. The Hall–Kier alpha value is -1.09. The average Bonchev–Trinajstić information content (AvgIpc) is 2.82. The van der Waals surface area contributed by atoms with Crippen LogP contribution in [-0.2, 0) is 24.4 Å². The molecule has 4 aliphatic rings. The van der Waals surface area contributed by atoms with Gasteiger partial charge in [-0.2, -0.15) is 17.2 Å². The molecule has 3 bridgehead atoms. The lowest BCUT2D eigenvalue weighted by Gasteiger charge is -2.58. The summed E-state index contributed by atoms with van der Waals surface area (Å²) in [6.45, 7) is -0.316. The van der Waals surface area contributed by atoms with Gasteiger partial charge in [0.05, 0.1) is 6.61 Å². The summed E-state index contributed by atoms with van der Waals surface area (Å²) in [4.78, 5) is 23.6. The molecule has 23 heavy (non-hydrogen) atoms. The van der Waals surface area contributed by atoms with Gasteiger partial charge in [-0.3, -0.25) is 9.35 Å². The zero-order valence-electron chi connectivity index (χ0n) is 12.1. The Bertz CT molecular complexity index is 715. The molecule has 1 spiro atoms. The highest BCUT2D eigenvalue weighted by Gasteiger charge is 2.76. The van der Waals surface area contributed by atoms with Gasteiger partial charge >= 0.3 is 21.3 Å². The Morgan fingerprint density at radius 1 is 1.26 bits per heavy atom. The number of Topliss-reactive ketones (excluding diaryl/α,β-unsaturated/α-hetero) is 1. The van der Waals surface area contributed by atoms with Crippen molar-refractivity contribution in [2.45, 2.75) is 37.4 Å². The molecule has 0 saturated heterocycles. The van der Waals surface area contributed by atoms with Crippen molar-refractivity contribution in [2.24, 2.45) is 28.6 Å². The quantitative estimate of drug-likeness (QED) is 0.608. The Morgan fingerprint density at radius 2 is 1.91 bits per heavy atom. The summed E-state index contributed by atoms with van der Waals surface area (Å²) in [5, 5.41) is -4.97. The van der Waals surface area contributed by atoms with E-state index in [1.807, 2.05) is 0 Å². The minimum atomic E-state index is -5.86. The molecule has 4 aliphatic carbocycles. The fourth-order valence-corrected chi connectivity index (χ4v) is 6.14. The van der Waals surface area contributed by atoms with E-state index in [4.69, 9.17) is 4.55 Å². The first-order chi connectivity index (χ1) is 10.5. The van der Waals surface area contributed by atoms with E-state index < -0.39 is 26.8 Å². The van der Waals surface area contributed by atoms with E-state index >= 15 is 0 Å². The number of hydrogen-bond acceptors (Lipinski definition) is 5. The lowest BCUT2D eigenvalue weighted by atomic mass is 9.46. The molecule has 0 aliphatic heterocycles. The third kappa shape index (κ3) is 1.67. The van der Waals surface area contributed by atoms with Gasteiger partial charge < -0.3 is 4.74 Å². The fraction of sp³-hybridized carbons (Fsp3) is 0.857. The maximum absolute atomic E-state index is 13.3. The smallest absolute Gasteiger partial charge is 0.460 e. The molecule has 4 fully saturated rings. The van der Waals surface area contributed by atoms with E-state index in [0.29, 0.717) is 12.3 Å². The second-order valence-corrected chi connectivity index (χ2v) is 9.01. The number of esters is 1. The van der Waals surface area contributed by atoms with E-state index in [1.165, 1.54) is 0 Å². The van der Waals surface area contributed by atoms with Crippen molar-refractivity contribution >= 4 is 21.9 Å². The first-order valence-electron chi connectivity index (χ1n) is 7.58. The van der Waals surface area contributed by atoms with Crippen LogP contribution in [0.25, 0.3) is 0 Å². The van der Waals surface area contributed by atoms with Crippen LogP contribution >= 0.6 is 0 Å². The first kappa shape index (κ1) is 15.4. The van der Waals surface area contributed by atoms with Gasteiger partial charge in [-0.15, -0.1) is 0 Å². The zero-order chi connectivity index (χ0) is 16.8. The molecule has 5 atom stereocenters. The molecule has 5 unspecified atom stereocenters. The van der Waals surface area contributed by atoms with E-state index in [1.54, 1.807) is 0 Å². The molecule has 128 valence electrons. The maximum atomic E-state index is 13.3. The Kier molecular flexibility index (Phi) is 2.76. The summed E-state index contributed by atoms with van der Waals surface area (Å²) in [7, 11) is -5.86. The number of ether oxygens (including phenoxy) is 1. The number of ketones is 1. The minimum Gasteiger partial charge on any atom is -0.460 e. The van der Waals surface area contributed by atoms with E-state index in [0.717, 1.165) is 25.7 Å². The molecule has 0 aromatic carbocycles. The Morgan fingerprint density at radius 3 is 2.57 bits per heavy atom. The topological polar surface area (TPSA) is 97.7 Å². The third-order valence-electron chi connectivity index (χ3n) is 6.75. The standard InChI is InChI=1S/C14H16F2O6S/c15-14(16,23(19,20)21)11(18)22-6-12-2-8-4-13(12)3-7(10(8)17)1-9(13)5-12/h7-9H,1-6H2,(H,19,20,21). The molecule has 0 aromatic heterocycles. The van der Waals surface area contributed by atoms with Gasteiger partial charge in [0.25, 0.3) is 0 Å². The normalized spacial score (nSPS) is 44.1. The van der Waals surface area contributed by atoms with Crippen molar-refractivity contribution in [3.8, 4) is 0 Å². The predicted octanol–water partition coefficient (Wildman–Crippen LogP) is 1.41. The average molecular weight is 350 g/mol. The van der Waals surface area contributed by atoms with Crippen LogP contribution in [0.4, 0.5) is 8.78 Å². The summed E-state index contributed by atoms with van der Waals surface area (Å²) in [5.41, 5.74) is -0.613. The van der Waals surface area contributed by atoms with Crippen molar-refractivity contribution in [2.75, 3.05) is 6.61 Å². The van der Waals surface area contributed by atoms with Crippen LogP contribution in [0.2, 0.25) is 0 Å². The van der Waals surface area contributed by atoms with Crippen LogP contribution in [0.15, 0.2) is 0 Å². The van der Waals surface area contributed by atoms with Gasteiger partial charge in [0.2, 0.25) is 0 Å². The van der Waals surface area contributed by atoms with E-state index in [9.17, 15) is 26.8 Å². The lowest BCUT2D eigenvalue weighted by molar-refractivity contribution is -0.182. The minimum absolute atomic E-state index is 0.0399. The molecule has 0 radical (unpaired) electrons. The molecule has 0 heterocycles. The lowest BCUT2D eigenvalue weighted by Crippen LogP contribution is -2.55. The summed E-state index contributed by atoms with van der Waals surface area (Å²) >= 11 is 0. The van der Waals surface area contributed by atoms with Crippen LogP contribution < -0.4 is 0 Å².